The van der Waals surface area contributed by atoms with Crippen molar-refractivity contribution in [3.63, 3.8) is 0 Å². The van der Waals surface area contributed by atoms with Gasteiger partial charge >= 0.3 is 0 Å². The van der Waals surface area contributed by atoms with Crippen molar-refractivity contribution in [1.82, 2.24) is 10.3 Å². The van der Waals surface area contributed by atoms with Crippen LogP contribution in [-0.4, -0.2) is 37.1 Å². The van der Waals surface area contributed by atoms with Crippen molar-refractivity contribution in [3.05, 3.63) is 38.7 Å². The van der Waals surface area contributed by atoms with Gasteiger partial charge in [0.2, 0.25) is 0 Å². The number of nitrogens with zero attached hydrogens (tertiary/aromatic N) is 2. The van der Waals surface area contributed by atoms with Gasteiger partial charge in [-0.15, -0.1) is 11.3 Å². The van der Waals surface area contributed by atoms with Gasteiger partial charge < -0.3 is 14.8 Å². The number of carbonyl (C=O) groups excluding carboxylic acids is 1. The summed E-state index contributed by atoms with van der Waals surface area (Å²) in [6, 6.07) is 0. The Morgan fingerprint density at radius 3 is 2.69 bits per heavy atom. The summed E-state index contributed by atoms with van der Waals surface area (Å²) in [5, 5.41) is 3.81. The summed E-state index contributed by atoms with van der Waals surface area (Å²) < 4.78 is 10.9. The largest absolute Gasteiger partial charge is 0.501 e. The molecule has 0 spiro atoms. The van der Waals surface area contributed by atoms with Gasteiger partial charge in [0.15, 0.2) is 0 Å². The van der Waals surface area contributed by atoms with Gasteiger partial charge in [-0.3, -0.25) is 4.79 Å². The van der Waals surface area contributed by atoms with Gasteiger partial charge in [-0.2, -0.15) is 0 Å². The van der Waals surface area contributed by atoms with E-state index in [1.165, 1.54) is 16.9 Å². The number of aryl methyl sites for hydroxylation is 1. The molecular weight excluding hydrogens is 350 g/mol. The Balaban J connectivity index is 1.86. The number of aliphatic imine (C=N–C) groups is 1. The number of methoxy groups -OCH3 is 1. The number of amidine groups is 1. The van der Waals surface area contributed by atoms with Gasteiger partial charge in [-0.05, 0) is 45.1 Å². The molecule has 0 atom stereocenters. The molecule has 0 bridgehead atoms. The molecule has 0 saturated carbocycles. The number of allylic oxidation sites excluding steroid dienone is 3. The molecule has 140 valence electrons. The molecule has 2 aliphatic heterocycles. The molecule has 0 aliphatic carbocycles. The summed E-state index contributed by atoms with van der Waals surface area (Å²) in [5.41, 5.74) is 3.25. The highest BCUT2D eigenvalue weighted by Gasteiger charge is 2.27. The van der Waals surface area contributed by atoms with Gasteiger partial charge in [-0.25, -0.2) is 9.98 Å². The molecule has 6 nitrogen and oxygen atoms in total. The molecule has 1 N–H and O–H groups in total. The predicted molar refractivity (Wildman–Crippen MR) is 102 cm³/mol. The van der Waals surface area contributed by atoms with Gasteiger partial charge in [0.25, 0.3) is 5.91 Å². The van der Waals surface area contributed by atoms with Crippen LogP contribution >= 0.6 is 11.3 Å². The molecule has 0 unspecified atom stereocenters. The summed E-state index contributed by atoms with van der Waals surface area (Å²) >= 11 is 1.38. The van der Waals surface area contributed by atoms with Crippen LogP contribution in [0.25, 0.3) is 0 Å². The average Bonchev–Trinajstić information content (AvgIpc) is 3.27. The summed E-state index contributed by atoms with van der Waals surface area (Å²) in [5.74, 6) is 1.80. The fraction of sp³-hybridized carbons (Fsp3) is 0.526. The molecule has 26 heavy (non-hydrogen) atoms. The van der Waals surface area contributed by atoms with E-state index < -0.39 is 0 Å². The average molecular weight is 375 g/mol. The van der Waals surface area contributed by atoms with Crippen LogP contribution in [0.3, 0.4) is 0 Å². The predicted octanol–water partition coefficient (Wildman–Crippen LogP) is 3.60. The van der Waals surface area contributed by atoms with Gasteiger partial charge in [0.1, 0.15) is 10.7 Å². The third-order valence-corrected chi connectivity index (χ3v) is 5.83. The van der Waals surface area contributed by atoms with Crippen LogP contribution in [0.4, 0.5) is 0 Å². The maximum Gasteiger partial charge on any atom is 0.268 e. The Morgan fingerprint density at radius 1 is 1.35 bits per heavy atom. The van der Waals surface area contributed by atoms with Crippen molar-refractivity contribution in [2.24, 2.45) is 10.9 Å². The van der Waals surface area contributed by atoms with E-state index in [1.54, 1.807) is 13.3 Å². The van der Waals surface area contributed by atoms with E-state index in [9.17, 15) is 4.79 Å². The number of hydrogen-bond acceptors (Lipinski definition) is 6. The highest BCUT2D eigenvalue weighted by atomic mass is 32.1. The summed E-state index contributed by atoms with van der Waals surface area (Å²) in [4.78, 5) is 21.9. The number of aromatic nitrogens is 1. The molecule has 1 fully saturated rings. The standard InChI is InChI=1S/C19H25N3O3S/c1-11(14-5-7-25-8-6-14)18-15(12(2)24-4)9-17(21-18)22-19(23)16-10-20-13(3)26-16/h10,14H,5-9H2,1-4H3,(H,21,22,23)/b15-12+,18-11-. The number of amides is 1. The first-order chi connectivity index (χ1) is 12.5. The van der Waals surface area contributed by atoms with E-state index in [0.717, 1.165) is 48.1 Å². The number of thiazole rings is 1. The van der Waals surface area contributed by atoms with Crippen LogP contribution in [0.5, 0.6) is 0 Å². The quantitative estimate of drug-likeness (QED) is 0.819. The molecule has 1 aromatic rings. The molecular formula is C19H25N3O3S. The number of ether oxygens (including phenoxy) is 2. The number of hydrogen-bond donors (Lipinski definition) is 1. The lowest BCUT2D eigenvalue weighted by Crippen LogP contribution is -2.28. The maximum absolute atomic E-state index is 12.4. The van der Waals surface area contributed by atoms with Crippen LogP contribution in [0.2, 0.25) is 0 Å². The lowest BCUT2D eigenvalue weighted by Gasteiger charge is -2.24. The van der Waals surface area contributed by atoms with Crippen LogP contribution in [0, 0.1) is 12.8 Å². The molecule has 7 heteroatoms. The smallest absolute Gasteiger partial charge is 0.268 e. The molecule has 0 aromatic carbocycles. The van der Waals surface area contributed by atoms with Crippen LogP contribution in [0.15, 0.2) is 33.8 Å². The van der Waals surface area contributed by atoms with E-state index in [2.05, 4.69) is 17.2 Å². The van der Waals surface area contributed by atoms with Crippen molar-refractivity contribution in [2.45, 2.75) is 40.0 Å². The first-order valence-electron chi connectivity index (χ1n) is 8.83. The van der Waals surface area contributed by atoms with E-state index >= 15 is 0 Å². The minimum Gasteiger partial charge on any atom is -0.501 e. The fourth-order valence-electron chi connectivity index (χ4n) is 3.29. The van der Waals surface area contributed by atoms with E-state index in [1.807, 2.05) is 13.8 Å². The van der Waals surface area contributed by atoms with Gasteiger partial charge in [0.05, 0.1) is 29.8 Å². The van der Waals surface area contributed by atoms with Crippen molar-refractivity contribution in [2.75, 3.05) is 20.3 Å². The molecule has 0 radical (unpaired) electrons. The second kappa shape index (κ2) is 8.14. The number of rotatable bonds is 3. The van der Waals surface area contributed by atoms with E-state index in [-0.39, 0.29) is 5.91 Å². The molecule has 3 rings (SSSR count). The van der Waals surface area contributed by atoms with Crippen molar-refractivity contribution < 1.29 is 14.3 Å². The van der Waals surface area contributed by atoms with E-state index in [4.69, 9.17) is 14.5 Å². The lowest BCUT2D eigenvalue weighted by molar-refractivity contribution is 0.0755. The highest BCUT2D eigenvalue weighted by Crippen LogP contribution is 2.35. The minimum atomic E-state index is -0.159. The summed E-state index contributed by atoms with van der Waals surface area (Å²) in [6.07, 6.45) is 4.18. The molecule has 1 amide bonds. The summed E-state index contributed by atoms with van der Waals surface area (Å²) in [6.45, 7) is 7.54. The molecule has 2 aliphatic rings. The molecule has 3 heterocycles. The number of nitrogens with one attached hydrogen (secondary N) is 1. The Hall–Kier alpha value is -1.99. The summed E-state index contributed by atoms with van der Waals surface area (Å²) in [7, 11) is 1.67. The normalized spacial score (nSPS) is 22.1. The van der Waals surface area contributed by atoms with Crippen LogP contribution < -0.4 is 5.32 Å². The highest BCUT2D eigenvalue weighted by molar-refractivity contribution is 7.13. The topological polar surface area (TPSA) is 72.8 Å². The third-order valence-electron chi connectivity index (χ3n) is 4.92. The Labute approximate surface area is 158 Å². The molecule has 1 saturated heterocycles. The first kappa shape index (κ1) is 18.8. The van der Waals surface area contributed by atoms with E-state index in [0.29, 0.717) is 23.1 Å². The zero-order valence-electron chi connectivity index (χ0n) is 15.7. The SMILES string of the molecule is CO/C(C)=C1\CC(NC(=O)c2cnc(C)s2)=N\C1=C(\C)C1CCOCC1. The van der Waals surface area contributed by atoms with Gasteiger partial charge in [-0.1, -0.05) is 0 Å². The zero-order chi connectivity index (χ0) is 18.7. The second-order valence-electron chi connectivity index (χ2n) is 6.59. The zero-order valence-corrected chi connectivity index (χ0v) is 16.5. The fourth-order valence-corrected chi connectivity index (χ4v) is 3.96. The van der Waals surface area contributed by atoms with Crippen LogP contribution in [0.1, 0.15) is 47.8 Å². The van der Waals surface area contributed by atoms with Crippen LogP contribution in [-0.2, 0) is 9.47 Å². The second-order valence-corrected chi connectivity index (χ2v) is 7.82. The number of carbonyl (C=O) groups is 1. The third kappa shape index (κ3) is 4.04. The monoisotopic (exact) mass is 375 g/mol. The van der Waals surface area contributed by atoms with Crippen molar-refractivity contribution in [3.8, 4) is 0 Å². The van der Waals surface area contributed by atoms with Crippen molar-refractivity contribution in [1.29, 1.82) is 0 Å². The Morgan fingerprint density at radius 2 is 2.08 bits per heavy atom. The first-order valence-corrected chi connectivity index (χ1v) is 9.65. The van der Waals surface area contributed by atoms with Gasteiger partial charge in [0, 0.05) is 25.2 Å². The minimum absolute atomic E-state index is 0.159. The Kier molecular flexibility index (Phi) is 5.88. The Bertz CT molecular complexity index is 786. The van der Waals surface area contributed by atoms with Crippen molar-refractivity contribution >= 4 is 23.1 Å². The maximum atomic E-state index is 12.4. The molecule has 1 aromatic heterocycles. The lowest BCUT2D eigenvalue weighted by atomic mass is 9.89.